The van der Waals surface area contributed by atoms with Crippen LogP contribution in [0, 0.1) is 0 Å². The molecule has 0 spiro atoms. The van der Waals surface area contributed by atoms with Crippen molar-refractivity contribution in [2.24, 2.45) is 5.73 Å². The zero-order valence-electron chi connectivity index (χ0n) is 16.6. The maximum atomic E-state index is 12.8. The van der Waals surface area contributed by atoms with Crippen LogP contribution in [0.25, 0.3) is 11.2 Å². The molecule has 2 aromatic heterocycles. The molecule has 1 aromatic carbocycles. The van der Waals surface area contributed by atoms with Crippen LogP contribution >= 0.6 is 0 Å². The average Bonchev–Trinajstić information content (AvgIpc) is 3.38. The number of carbonyl (C=O) groups excluding carboxylic acids is 1. The zero-order chi connectivity index (χ0) is 20.2. The summed E-state index contributed by atoms with van der Waals surface area (Å²) < 4.78 is 7.21. The van der Waals surface area contributed by atoms with Gasteiger partial charge in [0.1, 0.15) is 11.3 Å². The molecule has 0 aliphatic carbocycles. The number of rotatable bonds is 7. The van der Waals surface area contributed by atoms with Gasteiger partial charge in [0, 0.05) is 44.4 Å². The molecule has 1 saturated heterocycles. The van der Waals surface area contributed by atoms with Crippen LogP contribution in [-0.4, -0.2) is 57.3 Å². The lowest BCUT2D eigenvalue weighted by atomic mass is 10.0. The lowest BCUT2D eigenvalue weighted by Gasteiger charge is -2.16. The number of ether oxygens (including phenoxy) is 1. The zero-order valence-corrected chi connectivity index (χ0v) is 16.6. The molecule has 2 N–H and O–H groups in total. The van der Waals surface area contributed by atoms with Crippen molar-refractivity contribution in [3.05, 3.63) is 47.9 Å². The van der Waals surface area contributed by atoms with Crippen molar-refractivity contribution in [3.8, 4) is 5.75 Å². The van der Waals surface area contributed by atoms with Gasteiger partial charge in [-0.1, -0.05) is 18.2 Å². The maximum Gasteiger partial charge on any atom is 0.222 e. The summed E-state index contributed by atoms with van der Waals surface area (Å²) in [4.78, 5) is 23.6. The van der Waals surface area contributed by atoms with Gasteiger partial charge in [-0.2, -0.15) is 5.10 Å². The van der Waals surface area contributed by atoms with E-state index in [2.05, 4.69) is 9.97 Å². The first-order valence-electron chi connectivity index (χ1n) is 9.98. The van der Waals surface area contributed by atoms with Crippen molar-refractivity contribution in [2.75, 3.05) is 26.7 Å². The molecule has 1 aliphatic heterocycles. The van der Waals surface area contributed by atoms with Gasteiger partial charge in [0.05, 0.1) is 19.3 Å². The number of methoxy groups -OCH3 is 1. The molecule has 152 valence electrons. The number of fused-ring (bicyclic) bond motifs is 1. The van der Waals surface area contributed by atoms with E-state index in [1.54, 1.807) is 19.5 Å². The second kappa shape index (κ2) is 8.57. The fraction of sp³-hybridized carbons (Fsp3) is 0.429. The molecular formula is C21H26N6O2. The van der Waals surface area contributed by atoms with Crippen LogP contribution in [0.15, 0.2) is 36.7 Å². The monoisotopic (exact) mass is 394 g/mol. The summed E-state index contributed by atoms with van der Waals surface area (Å²) in [6.45, 7) is 2.49. The summed E-state index contributed by atoms with van der Waals surface area (Å²) in [6, 6.07) is 7.84. The van der Waals surface area contributed by atoms with Crippen molar-refractivity contribution >= 4 is 17.1 Å². The van der Waals surface area contributed by atoms with Crippen LogP contribution in [0.4, 0.5) is 0 Å². The Bertz CT molecular complexity index is 1000. The molecule has 0 bridgehead atoms. The molecule has 1 atom stereocenters. The van der Waals surface area contributed by atoms with Crippen LogP contribution in [0.1, 0.15) is 30.0 Å². The van der Waals surface area contributed by atoms with Gasteiger partial charge >= 0.3 is 0 Å². The van der Waals surface area contributed by atoms with E-state index in [1.165, 1.54) is 0 Å². The predicted octanol–water partition coefficient (Wildman–Crippen LogP) is 1.74. The fourth-order valence-corrected chi connectivity index (χ4v) is 4.00. The molecule has 3 aromatic rings. The summed E-state index contributed by atoms with van der Waals surface area (Å²) >= 11 is 0. The predicted molar refractivity (Wildman–Crippen MR) is 110 cm³/mol. The van der Waals surface area contributed by atoms with Crippen molar-refractivity contribution in [2.45, 2.75) is 31.7 Å². The maximum absolute atomic E-state index is 12.8. The molecule has 29 heavy (non-hydrogen) atoms. The van der Waals surface area contributed by atoms with Gasteiger partial charge in [-0.05, 0) is 24.5 Å². The number of aryl methyl sites for hydroxylation is 1. The Labute approximate surface area is 169 Å². The number of nitrogens with zero attached hydrogens (tertiary/aromatic N) is 5. The third-order valence-corrected chi connectivity index (χ3v) is 5.46. The Morgan fingerprint density at radius 3 is 2.93 bits per heavy atom. The van der Waals surface area contributed by atoms with Crippen LogP contribution in [-0.2, 0) is 17.8 Å². The quantitative estimate of drug-likeness (QED) is 0.655. The minimum Gasteiger partial charge on any atom is -0.496 e. The lowest BCUT2D eigenvalue weighted by molar-refractivity contribution is -0.130. The number of carbonyl (C=O) groups is 1. The summed E-state index contributed by atoms with van der Waals surface area (Å²) in [5, 5.41) is 4.73. The van der Waals surface area contributed by atoms with Crippen molar-refractivity contribution < 1.29 is 9.53 Å². The lowest BCUT2D eigenvalue weighted by Crippen LogP contribution is -2.28. The summed E-state index contributed by atoms with van der Waals surface area (Å²) in [5.74, 6) is 1.16. The number of aromatic nitrogens is 4. The molecule has 1 aliphatic rings. The standard InChI is InChI=1S/C21H26N6O2/c1-29-17-5-3-2-4-15(17)6-7-18(28)26-12-8-16(14-26)19-20-21(24-11-10-23-20)27(25-19)13-9-22/h2-5,10-11,16H,6-9,12-14,22H2,1H3/t16-/m0/s1. The number of hydrogen-bond acceptors (Lipinski definition) is 6. The molecular weight excluding hydrogens is 368 g/mol. The van der Waals surface area contributed by atoms with Crippen molar-refractivity contribution in [3.63, 3.8) is 0 Å². The molecule has 4 rings (SSSR count). The number of benzene rings is 1. The second-order valence-electron chi connectivity index (χ2n) is 7.26. The van der Waals surface area contributed by atoms with Gasteiger partial charge in [-0.25, -0.2) is 14.6 Å². The summed E-state index contributed by atoms with van der Waals surface area (Å²) in [6.07, 6.45) is 5.37. The highest BCUT2D eigenvalue weighted by Gasteiger charge is 2.31. The smallest absolute Gasteiger partial charge is 0.222 e. The van der Waals surface area contributed by atoms with Gasteiger partial charge in [0.15, 0.2) is 5.65 Å². The van der Waals surface area contributed by atoms with E-state index in [1.807, 2.05) is 33.8 Å². The highest BCUT2D eigenvalue weighted by atomic mass is 16.5. The average molecular weight is 394 g/mol. The topological polar surface area (TPSA) is 99.2 Å². The minimum atomic E-state index is 0.162. The Morgan fingerprint density at radius 1 is 1.28 bits per heavy atom. The first kappa shape index (κ1) is 19.3. The molecule has 1 amide bonds. The largest absolute Gasteiger partial charge is 0.496 e. The molecule has 8 nitrogen and oxygen atoms in total. The van der Waals surface area contributed by atoms with E-state index in [9.17, 15) is 4.79 Å². The summed E-state index contributed by atoms with van der Waals surface area (Å²) in [5.41, 5.74) is 9.25. The van der Waals surface area contributed by atoms with Crippen molar-refractivity contribution in [1.29, 1.82) is 0 Å². The van der Waals surface area contributed by atoms with Gasteiger partial charge in [-0.15, -0.1) is 0 Å². The van der Waals surface area contributed by atoms with Gasteiger partial charge < -0.3 is 15.4 Å². The molecule has 1 fully saturated rings. The van der Waals surface area contributed by atoms with E-state index < -0.39 is 0 Å². The normalized spacial score (nSPS) is 16.5. The van der Waals surface area contributed by atoms with E-state index in [-0.39, 0.29) is 11.8 Å². The highest BCUT2D eigenvalue weighted by molar-refractivity contribution is 5.78. The molecule has 0 radical (unpaired) electrons. The Hall–Kier alpha value is -3.00. The van der Waals surface area contributed by atoms with E-state index in [0.29, 0.717) is 32.5 Å². The number of para-hydroxylation sites is 1. The fourth-order valence-electron chi connectivity index (χ4n) is 4.00. The number of hydrogen-bond donors (Lipinski definition) is 1. The van der Waals surface area contributed by atoms with E-state index in [4.69, 9.17) is 15.6 Å². The molecule has 0 saturated carbocycles. The van der Waals surface area contributed by atoms with Gasteiger partial charge in [0.25, 0.3) is 0 Å². The third-order valence-electron chi connectivity index (χ3n) is 5.46. The second-order valence-corrected chi connectivity index (χ2v) is 7.26. The van der Waals surface area contributed by atoms with Crippen molar-refractivity contribution in [1.82, 2.24) is 24.6 Å². The molecule has 0 unspecified atom stereocenters. The first-order chi connectivity index (χ1) is 14.2. The Balaban J connectivity index is 1.44. The molecule has 8 heteroatoms. The SMILES string of the molecule is COc1ccccc1CCC(=O)N1CC[C@H](c2nn(CCN)c3nccnc23)C1. The van der Waals surface area contributed by atoms with Crippen LogP contribution < -0.4 is 10.5 Å². The highest BCUT2D eigenvalue weighted by Crippen LogP contribution is 2.31. The molecule has 3 heterocycles. The number of amides is 1. The number of nitrogens with two attached hydrogens (primary N) is 1. The van der Waals surface area contributed by atoms with E-state index >= 15 is 0 Å². The Kier molecular flexibility index (Phi) is 5.71. The number of likely N-dealkylation sites (tertiary alicyclic amines) is 1. The van der Waals surface area contributed by atoms with Gasteiger partial charge in [-0.3, -0.25) is 4.79 Å². The Morgan fingerprint density at radius 2 is 2.10 bits per heavy atom. The van der Waals surface area contributed by atoms with Crippen LogP contribution in [0.2, 0.25) is 0 Å². The van der Waals surface area contributed by atoms with Crippen LogP contribution in [0.3, 0.4) is 0 Å². The van der Waals surface area contributed by atoms with Crippen LogP contribution in [0.5, 0.6) is 5.75 Å². The van der Waals surface area contributed by atoms with Gasteiger partial charge in [0.2, 0.25) is 5.91 Å². The minimum absolute atomic E-state index is 0.162. The summed E-state index contributed by atoms with van der Waals surface area (Å²) in [7, 11) is 1.66. The first-order valence-corrected chi connectivity index (χ1v) is 9.98. The van der Waals surface area contributed by atoms with E-state index in [0.717, 1.165) is 41.1 Å². The third kappa shape index (κ3) is 3.93.